The summed E-state index contributed by atoms with van der Waals surface area (Å²) in [7, 11) is 1.25. The van der Waals surface area contributed by atoms with Gasteiger partial charge in [-0.3, -0.25) is 10.2 Å². The Kier molecular flexibility index (Phi) is 1.53. The summed E-state index contributed by atoms with van der Waals surface area (Å²) in [5.74, 6) is -1.56. The maximum atomic E-state index is 10.1. The molecule has 0 aromatic carbocycles. The molecule has 0 bridgehead atoms. The van der Waals surface area contributed by atoms with Crippen LogP contribution in [0.15, 0.2) is 0 Å². The first kappa shape index (κ1) is 3.71. The molecule has 0 amide bonds. The van der Waals surface area contributed by atoms with Crippen LogP contribution in [0.2, 0.25) is 4.24 Å². The lowest BCUT2D eigenvalue weighted by Crippen LogP contribution is -2.36. The Labute approximate surface area is 57.0 Å². The highest BCUT2D eigenvalue weighted by Crippen LogP contribution is 1.58. The maximum absolute atomic E-state index is 10.1. The van der Waals surface area contributed by atoms with Gasteiger partial charge in [-0.15, -0.1) is 0 Å². The molecule has 0 rings (SSSR count). The second-order valence-electron chi connectivity index (χ2n) is 1.23. The molecule has 0 aromatic rings. The van der Waals surface area contributed by atoms with Gasteiger partial charge >= 0.3 is 5.97 Å². The highest BCUT2D eigenvalue weighted by molar-refractivity contribution is 5.81. The number of carboxylic acid groups (broad SMARTS) is 1. The summed E-state index contributed by atoms with van der Waals surface area (Å²) in [6, 6.07) is 0. The van der Waals surface area contributed by atoms with Crippen molar-refractivity contribution in [2.24, 2.45) is 0 Å². The van der Waals surface area contributed by atoms with Crippen molar-refractivity contribution in [3.63, 3.8) is 0 Å². The summed E-state index contributed by atoms with van der Waals surface area (Å²) < 4.78 is 20.5. The van der Waals surface area contributed by atoms with Crippen molar-refractivity contribution in [3.05, 3.63) is 0 Å². The van der Waals surface area contributed by atoms with E-state index in [0.29, 0.717) is 10.6 Å². The van der Waals surface area contributed by atoms with E-state index in [9.17, 15) is 4.79 Å². The molecule has 0 aliphatic rings. The highest BCUT2D eigenvalue weighted by Gasteiger charge is 1.94. The molecular formula is C4H9N3O2. The molecule has 0 aliphatic heterocycles. The van der Waals surface area contributed by atoms with Gasteiger partial charge < -0.3 is 15.7 Å². The largest absolute Gasteiger partial charge is 0.480 e. The molecule has 0 fully saturated rings. The van der Waals surface area contributed by atoms with E-state index >= 15 is 0 Å². The van der Waals surface area contributed by atoms with Crippen LogP contribution in [-0.2, 0) is 4.79 Å². The summed E-state index contributed by atoms with van der Waals surface area (Å²) in [6.45, 7) is -0.610. The number of hydrogen-bond donors (Lipinski definition) is 4. The summed E-state index contributed by atoms with van der Waals surface area (Å²) in [4.78, 5) is 10.1. The first-order valence-electron chi connectivity index (χ1n) is 3.56. The van der Waals surface area contributed by atoms with E-state index < -0.39 is 12.5 Å². The normalized spacial score (nSPS) is 15.2. The van der Waals surface area contributed by atoms with Crippen LogP contribution in [0.5, 0.6) is 0 Å². The zero-order chi connectivity index (χ0) is 9.72. The predicted octanol–water partition coefficient (Wildman–Crippen LogP) is -1.19. The fraction of sp³-hybridized carbons (Fsp3) is 0.500. The lowest BCUT2D eigenvalue weighted by atomic mass is 10.6. The minimum Gasteiger partial charge on any atom is -0.480 e. The van der Waals surface area contributed by atoms with Gasteiger partial charge in [0.15, 0.2) is 10.2 Å². The number of carbonyl (C=O) groups is 1. The van der Waals surface area contributed by atoms with E-state index in [4.69, 9.17) is 9.34 Å². The maximum Gasteiger partial charge on any atom is 0.322 e. The highest BCUT2D eigenvalue weighted by atomic mass is 16.4. The average molecular weight is 134 g/mol. The fourth-order valence-electron chi connectivity index (χ4n) is 0.209. The monoisotopic (exact) mass is 134 g/mol. The Bertz CT molecular complexity index is 196. The van der Waals surface area contributed by atoms with Gasteiger partial charge in [-0.05, 0) is 0 Å². The van der Waals surface area contributed by atoms with Crippen molar-refractivity contribution in [3.8, 4) is 0 Å². The van der Waals surface area contributed by atoms with Crippen molar-refractivity contribution in [1.82, 2.24) is 10.6 Å². The van der Waals surface area contributed by atoms with Crippen LogP contribution in [0.25, 0.3) is 0 Å². The molecule has 0 saturated carbocycles. The Morgan fingerprint density at radius 1 is 2.11 bits per heavy atom. The van der Waals surface area contributed by atoms with E-state index in [1.165, 1.54) is 7.05 Å². The van der Waals surface area contributed by atoms with Gasteiger partial charge in [-0.1, -0.05) is 0 Å². The van der Waals surface area contributed by atoms with Crippen molar-refractivity contribution < 1.29 is 14.1 Å². The average Bonchev–Trinajstić information content (AvgIpc) is 1.85. The molecule has 4 N–H and O–H groups in total. The fourth-order valence-corrected chi connectivity index (χ4v) is 0.209. The van der Waals surface area contributed by atoms with Crippen LogP contribution >= 0.6 is 0 Å². The Hall–Kier alpha value is -1.26. The van der Waals surface area contributed by atoms with Crippen LogP contribution < -0.4 is 10.6 Å². The summed E-state index contributed by atoms with van der Waals surface area (Å²) in [5, 5.41) is 12.2. The first-order chi connectivity index (χ1) is 5.49. The van der Waals surface area contributed by atoms with Gasteiger partial charge in [0.25, 0.3) is 0 Å². The number of guanidine groups is 1. The van der Waals surface area contributed by atoms with Crippen molar-refractivity contribution >= 4 is 11.9 Å². The number of aliphatic carboxylic acids is 1. The number of carboxylic acids is 1. The minimum absolute atomic E-state index is 0.350. The van der Waals surface area contributed by atoms with Gasteiger partial charge in [0, 0.05) is 7.05 Å². The zero-order valence-corrected chi connectivity index (χ0v) is 4.90. The molecule has 0 saturated heterocycles. The molecule has 0 atom stereocenters. The molecule has 0 unspecified atom stereocenters. The molecule has 9 heavy (non-hydrogen) atoms. The van der Waals surface area contributed by atoms with E-state index in [0.717, 1.165) is 0 Å². The van der Waals surface area contributed by atoms with Crippen LogP contribution in [0.1, 0.15) is 0 Å². The topological polar surface area (TPSA) is 85.2 Å². The first-order valence-corrected chi connectivity index (χ1v) is 2.22. The van der Waals surface area contributed by atoms with Crippen LogP contribution in [0.3, 0.4) is 0 Å². The van der Waals surface area contributed by atoms with Crippen LogP contribution in [0.4, 0.5) is 0 Å². The molecule has 0 spiro atoms. The number of nitrogens with one attached hydrogen (secondary N) is 3. The van der Waals surface area contributed by atoms with Gasteiger partial charge in [-0.2, -0.15) is 0 Å². The van der Waals surface area contributed by atoms with Crippen molar-refractivity contribution in [2.75, 3.05) is 13.6 Å². The standard InChI is InChI=1S/C4H9N3O2/c1-6-4(5)7-2-3(8)9/h2H2,1H3,(H,8,9)(H3,5,6,7)/i/hD3. The van der Waals surface area contributed by atoms with Crippen LogP contribution in [0, 0.1) is 5.40 Å². The zero-order valence-electron chi connectivity index (χ0n) is 7.90. The van der Waals surface area contributed by atoms with Gasteiger partial charge in [0.05, 0.1) is 0 Å². The Morgan fingerprint density at radius 3 is 3.11 bits per heavy atom. The number of rotatable bonds is 2. The van der Waals surface area contributed by atoms with Crippen molar-refractivity contribution in [1.29, 1.82) is 5.40 Å². The molecule has 0 heterocycles. The summed E-state index contributed by atoms with van der Waals surface area (Å²) in [6.07, 6.45) is 0. The molecule has 0 radical (unpaired) electrons. The second kappa shape index (κ2) is 3.71. The molecule has 0 aromatic heterocycles. The molecule has 52 valence electrons. The van der Waals surface area contributed by atoms with E-state index in [1.807, 2.05) is 0 Å². The molecular weight excluding hydrogens is 122 g/mol. The molecule has 0 aliphatic carbocycles. The third-order valence-corrected chi connectivity index (χ3v) is 0.556. The predicted molar refractivity (Wildman–Crippen MR) is 32.4 cm³/mol. The van der Waals surface area contributed by atoms with Gasteiger partial charge in [-0.25, -0.2) is 0 Å². The van der Waals surface area contributed by atoms with Gasteiger partial charge in [0.2, 0.25) is 0 Å². The van der Waals surface area contributed by atoms with E-state index in [-0.39, 0.29) is 5.96 Å². The molecule has 5 nitrogen and oxygen atoms in total. The summed E-state index contributed by atoms with van der Waals surface area (Å²) in [5.41, 5.74) is 0. The van der Waals surface area contributed by atoms with Gasteiger partial charge in [0.1, 0.15) is 6.54 Å². The minimum atomic E-state index is -1.21. The third kappa shape index (κ3) is 4.60. The summed E-state index contributed by atoms with van der Waals surface area (Å²) >= 11 is 0. The van der Waals surface area contributed by atoms with Crippen molar-refractivity contribution in [2.45, 2.75) is 0 Å². The Morgan fingerprint density at radius 2 is 2.78 bits per heavy atom. The number of hydrogen-bond acceptors (Lipinski definition) is 2. The van der Waals surface area contributed by atoms with Crippen LogP contribution in [-0.4, -0.2) is 30.6 Å². The SMILES string of the molecule is [2H]/N=C(\N([2H])C)N([2H])CC(=O)O. The lowest BCUT2D eigenvalue weighted by molar-refractivity contribution is -0.135. The lowest BCUT2D eigenvalue weighted by Gasteiger charge is -2.01. The second-order valence-corrected chi connectivity index (χ2v) is 1.23. The Balaban J connectivity index is 4.23. The molecule has 5 heteroatoms. The third-order valence-electron chi connectivity index (χ3n) is 0.556. The van der Waals surface area contributed by atoms with E-state index in [1.54, 1.807) is 0 Å². The van der Waals surface area contributed by atoms with E-state index in [2.05, 4.69) is 5.40 Å². The quantitative estimate of drug-likeness (QED) is 0.283. The smallest absolute Gasteiger partial charge is 0.322 e.